The first-order valence-electron chi connectivity index (χ1n) is 7.48. The lowest BCUT2D eigenvalue weighted by atomic mass is 10.2. The number of hydrogen-bond donors (Lipinski definition) is 1. The molecule has 0 radical (unpaired) electrons. The number of carbonyl (C=O) groups is 1. The maximum absolute atomic E-state index is 11.8. The van der Waals surface area contributed by atoms with Crippen molar-refractivity contribution in [3.8, 4) is 5.75 Å². The van der Waals surface area contributed by atoms with Crippen LogP contribution in [0.2, 0.25) is 5.02 Å². The number of rotatable bonds is 8. The van der Waals surface area contributed by atoms with Crippen LogP contribution in [0.25, 0.3) is 0 Å². The Morgan fingerprint density at radius 1 is 1.28 bits per heavy atom. The van der Waals surface area contributed by atoms with E-state index in [1.54, 1.807) is 11.8 Å². The van der Waals surface area contributed by atoms with Crippen molar-refractivity contribution in [2.24, 2.45) is 0 Å². The molecule has 2 aromatic rings. The molecule has 2 aromatic carbocycles. The lowest BCUT2D eigenvalue weighted by Crippen LogP contribution is -2.30. The van der Waals surface area contributed by atoms with Gasteiger partial charge in [0, 0.05) is 28.3 Å². The number of aryl methyl sites for hydroxylation is 1. The number of halogens is 1. The predicted molar refractivity (Wildman–Crippen MR) is 98.5 cm³/mol. The molecule has 2 rings (SSSR count). The molecular formula is C17H17ClN2O4S. The van der Waals surface area contributed by atoms with Gasteiger partial charge in [-0.15, -0.1) is 11.8 Å². The largest absolute Gasteiger partial charge is 0.477 e. The van der Waals surface area contributed by atoms with Gasteiger partial charge < -0.3 is 10.1 Å². The zero-order valence-electron chi connectivity index (χ0n) is 13.5. The van der Waals surface area contributed by atoms with E-state index in [2.05, 4.69) is 5.32 Å². The molecule has 0 bridgehead atoms. The van der Waals surface area contributed by atoms with Crippen LogP contribution in [0.1, 0.15) is 5.56 Å². The minimum Gasteiger partial charge on any atom is -0.477 e. The molecule has 0 aliphatic heterocycles. The minimum atomic E-state index is -0.600. The van der Waals surface area contributed by atoms with Gasteiger partial charge >= 0.3 is 5.69 Å². The first-order chi connectivity index (χ1) is 12.0. The van der Waals surface area contributed by atoms with Crippen LogP contribution in [0.5, 0.6) is 5.75 Å². The van der Waals surface area contributed by atoms with Crippen LogP contribution in [-0.4, -0.2) is 29.7 Å². The number of hydrogen-bond acceptors (Lipinski definition) is 5. The summed E-state index contributed by atoms with van der Waals surface area (Å²) in [5.41, 5.74) is 0.932. The van der Waals surface area contributed by atoms with Crippen molar-refractivity contribution in [2.75, 3.05) is 18.9 Å². The van der Waals surface area contributed by atoms with Gasteiger partial charge in [0.25, 0.3) is 5.91 Å². The second kappa shape index (κ2) is 9.29. The van der Waals surface area contributed by atoms with Crippen molar-refractivity contribution >= 4 is 35.0 Å². The van der Waals surface area contributed by atoms with E-state index in [4.69, 9.17) is 16.3 Å². The number of amides is 1. The van der Waals surface area contributed by atoms with E-state index in [9.17, 15) is 14.9 Å². The molecule has 0 aliphatic carbocycles. The zero-order valence-corrected chi connectivity index (χ0v) is 15.1. The number of carbonyl (C=O) groups excluding carboxylic acids is 1. The summed E-state index contributed by atoms with van der Waals surface area (Å²) < 4.78 is 5.22. The molecule has 0 saturated heterocycles. The van der Waals surface area contributed by atoms with Gasteiger partial charge in [-0.2, -0.15) is 0 Å². The van der Waals surface area contributed by atoms with Crippen LogP contribution in [0, 0.1) is 17.0 Å². The molecule has 0 aromatic heterocycles. The Hall–Kier alpha value is -2.25. The van der Waals surface area contributed by atoms with Crippen LogP contribution in [-0.2, 0) is 4.79 Å². The van der Waals surface area contributed by atoms with Crippen molar-refractivity contribution < 1.29 is 14.5 Å². The van der Waals surface area contributed by atoms with Crippen molar-refractivity contribution in [1.82, 2.24) is 5.32 Å². The SMILES string of the molecule is Cc1ccc(SCCNC(=O)COc2ccc(Cl)cc2[N+](=O)[O-])cc1. The Bertz CT molecular complexity index is 753. The molecular weight excluding hydrogens is 364 g/mol. The topological polar surface area (TPSA) is 81.5 Å². The van der Waals surface area contributed by atoms with E-state index >= 15 is 0 Å². The van der Waals surface area contributed by atoms with Gasteiger partial charge in [-0.3, -0.25) is 14.9 Å². The second-order valence-electron chi connectivity index (χ2n) is 5.17. The van der Waals surface area contributed by atoms with Gasteiger partial charge in [0.05, 0.1) is 4.92 Å². The quantitative estimate of drug-likeness (QED) is 0.325. The number of nitro benzene ring substituents is 1. The molecule has 132 valence electrons. The van der Waals surface area contributed by atoms with E-state index in [1.807, 2.05) is 31.2 Å². The lowest BCUT2D eigenvalue weighted by Gasteiger charge is -2.08. The lowest BCUT2D eigenvalue weighted by molar-refractivity contribution is -0.385. The number of ether oxygens (including phenoxy) is 1. The fraction of sp³-hybridized carbons (Fsp3) is 0.235. The highest BCUT2D eigenvalue weighted by atomic mass is 35.5. The average molecular weight is 381 g/mol. The Morgan fingerprint density at radius 3 is 2.68 bits per heavy atom. The highest BCUT2D eigenvalue weighted by molar-refractivity contribution is 7.99. The summed E-state index contributed by atoms with van der Waals surface area (Å²) in [6.07, 6.45) is 0. The minimum absolute atomic E-state index is 0.0126. The predicted octanol–water partition coefficient (Wildman–Crippen LogP) is 3.84. The summed E-state index contributed by atoms with van der Waals surface area (Å²) in [6.45, 7) is 2.21. The summed E-state index contributed by atoms with van der Waals surface area (Å²) in [5.74, 6) is 0.392. The molecule has 0 unspecified atom stereocenters. The first-order valence-corrected chi connectivity index (χ1v) is 8.85. The number of benzene rings is 2. The molecule has 0 saturated carbocycles. The first kappa shape index (κ1) is 19.1. The Labute approximate surface area is 154 Å². The van der Waals surface area contributed by atoms with Crippen molar-refractivity contribution in [1.29, 1.82) is 0 Å². The molecule has 0 fully saturated rings. The number of thioether (sulfide) groups is 1. The molecule has 1 N–H and O–H groups in total. The van der Waals surface area contributed by atoms with Gasteiger partial charge in [0.1, 0.15) is 0 Å². The van der Waals surface area contributed by atoms with Crippen molar-refractivity contribution in [2.45, 2.75) is 11.8 Å². The fourth-order valence-electron chi connectivity index (χ4n) is 1.94. The maximum atomic E-state index is 11.8. The van der Waals surface area contributed by atoms with Crippen LogP contribution < -0.4 is 10.1 Å². The van der Waals surface area contributed by atoms with Crippen LogP contribution in [0.4, 0.5) is 5.69 Å². The van der Waals surface area contributed by atoms with E-state index < -0.39 is 4.92 Å². The molecule has 25 heavy (non-hydrogen) atoms. The molecule has 0 atom stereocenters. The molecule has 0 aliphatic rings. The van der Waals surface area contributed by atoms with Gasteiger partial charge in [-0.05, 0) is 31.2 Å². The smallest absolute Gasteiger partial charge is 0.312 e. The Kier molecular flexibility index (Phi) is 7.09. The molecule has 0 spiro atoms. The van der Waals surface area contributed by atoms with E-state index in [-0.39, 0.29) is 29.0 Å². The maximum Gasteiger partial charge on any atom is 0.312 e. The number of nitrogens with zero attached hydrogens (tertiary/aromatic N) is 1. The van der Waals surface area contributed by atoms with E-state index in [0.29, 0.717) is 6.54 Å². The highest BCUT2D eigenvalue weighted by Gasteiger charge is 2.16. The summed E-state index contributed by atoms with van der Waals surface area (Å²) in [7, 11) is 0. The third-order valence-electron chi connectivity index (χ3n) is 3.19. The van der Waals surface area contributed by atoms with Crippen LogP contribution in [0.3, 0.4) is 0 Å². The van der Waals surface area contributed by atoms with Gasteiger partial charge in [0.15, 0.2) is 12.4 Å². The summed E-state index contributed by atoms with van der Waals surface area (Å²) in [5, 5.41) is 13.9. The third kappa shape index (κ3) is 6.28. The van der Waals surface area contributed by atoms with Crippen LogP contribution >= 0.6 is 23.4 Å². The molecule has 0 heterocycles. The Balaban J connectivity index is 1.74. The van der Waals surface area contributed by atoms with Crippen molar-refractivity contribution in [3.63, 3.8) is 0 Å². The highest BCUT2D eigenvalue weighted by Crippen LogP contribution is 2.29. The normalized spacial score (nSPS) is 10.3. The van der Waals surface area contributed by atoms with Gasteiger partial charge in [-0.1, -0.05) is 29.3 Å². The number of nitro groups is 1. The average Bonchev–Trinajstić information content (AvgIpc) is 2.59. The summed E-state index contributed by atoms with van der Waals surface area (Å²) >= 11 is 7.36. The van der Waals surface area contributed by atoms with Crippen LogP contribution in [0.15, 0.2) is 47.4 Å². The summed E-state index contributed by atoms with van der Waals surface area (Å²) in [4.78, 5) is 23.3. The molecule has 6 nitrogen and oxygen atoms in total. The third-order valence-corrected chi connectivity index (χ3v) is 4.44. The monoisotopic (exact) mass is 380 g/mol. The number of nitrogens with one attached hydrogen (secondary N) is 1. The molecule has 1 amide bonds. The molecule has 8 heteroatoms. The summed E-state index contributed by atoms with van der Waals surface area (Å²) in [6, 6.07) is 12.2. The van der Waals surface area contributed by atoms with E-state index in [1.165, 1.54) is 23.8 Å². The van der Waals surface area contributed by atoms with Crippen molar-refractivity contribution in [3.05, 3.63) is 63.2 Å². The zero-order chi connectivity index (χ0) is 18.2. The van der Waals surface area contributed by atoms with E-state index in [0.717, 1.165) is 10.6 Å². The van der Waals surface area contributed by atoms with Gasteiger partial charge in [0.2, 0.25) is 0 Å². The standard InChI is InChI=1S/C17H17ClN2O4S/c1-12-2-5-14(6-3-12)25-9-8-19-17(21)11-24-16-7-4-13(18)10-15(16)20(22)23/h2-7,10H,8-9,11H2,1H3,(H,19,21). The Morgan fingerprint density at radius 2 is 2.00 bits per heavy atom. The second-order valence-corrected chi connectivity index (χ2v) is 6.77. The fourth-order valence-corrected chi connectivity index (χ4v) is 2.88. The van der Waals surface area contributed by atoms with Gasteiger partial charge in [-0.25, -0.2) is 0 Å².